The molecule has 1 aliphatic rings. The van der Waals surface area contributed by atoms with Gasteiger partial charge in [-0.05, 0) is 38.0 Å². The number of carbonyl (C=O) groups excluding carboxylic acids is 2. The lowest BCUT2D eigenvalue weighted by atomic mass is 10.00. The molecule has 0 N–H and O–H groups in total. The first-order chi connectivity index (χ1) is 12.0. The maximum atomic E-state index is 12.8. The lowest BCUT2D eigenvalue weighted by molar-refractivity contribution is -0.134. The summed E-state index contributed by atoms with van der Waals surface area (Å²) in [5, 5.41) is 0.666. The Bertz CT molecular complexity index is 577. The van der Waals surface area contributed by atoms with Crippen molar-refractivity contribution < 1.29 is 14.3 Å². The highest BCUT2D eigenvalue weighted by molar-refractivity contribution is 6.30. The number of hydrogen-bond acceptors (Lipinski definition) is 3. The molecule has 0 spiro atoms. The second-order valence-corrected chi connectivity index (χ2v) is 6.72. The van der Waals surface area contributed by atoms with Gasteiger partial charge in [0, 0.05) is 37.8 Å². The fourth-order valence-corrected chi connectivity index (χ4v) is 3.14. The van der Waals surface area contributed by atoms with E-state index in [4.69, 9.17) is 16.3 Å². The molecular formula is C19H27ClN2O3. The van der Waals surface area contributed by atoms with Crippen LogP contribution in [0, 0.1) is 0 Å². The van der Waals surface area contributed by atoms with Crippen LogP contribution in [-0.2, 0) is 14.3 Å². The third kappa shape index (κ3) is 5.72. The van der Waals surface area contributed by atoms with Gasteiger partial charge in [0.05, 0.1) is 18.9 Å². The molecule has 2 rings (SSSR count). The Balaban J connectivity index is 1.90. The molecule has 0 radical (unpaired) electrons. The quantitative estimate of drug-likeness (QED) is 0.727. The minimum absolute atomic E-state index is 0.103. The summed E-state index contributed by atoms with van der Waals surface area (Å²) in [5.74, 6) is -0.00286. The molecule has 138 valence electrons. The maximum Gasteiger partial charge on any atom is 0.229 e. The lowest BCUT2D eigenvalue weighted by Crippen LogP contribution is -2.39. The average molecular weight is 367 g/mol. The summed E-state index contributed by atoms with van der Waals surface area (Å²) in [6.45, 7) is 7.47. The van der Waals surface area contributed by atoms with E-state index in [1.165, 1.54) is 0 Å². The van der Waals surface area contributed by atoms with Gasteiger partial charge < -0.3 is 14.5 Å². The summed E-state index contributed by atoms with van der Waals surface area (Å²) in [5.41, 5.74) is 0.961. The number of ether oxygens (including phenoxy) is 1. The smallest absolute Gasteiger partial charge is 0.229 e. The molecule has 1 atom stereocenters. The predicted octanol–water partition coefficient (Wildman–Crippen LogP) is 2.93. The molecule has 1 aromatic rings. The van der Waals surface area contributed by atoms with E-state index in [0.29, 0.717) is 50.8 Å². The lowest BCUT2D eigenvalue weighted by Gasteiger charge is -2.25. The van der Waals surface area contributed by atoms with Crippen LogP contribution in [0.15, 0.2) is 24.3 Å². The van der Waals surface area contributed by atoms with Crippen LogP contribution < -0.4 is 0 Å². The summed E-state index contributed by atoms with van der Waals surface area (Å²) in [7, 11) is 0. The molecule has 2 amide bonds. The van der Waals surface area contributed by atoms with Crippen LogP contribution in [0.5, 0.6) is 0 Å². The molecule has 1 saturated heterocycles. The van der Waals surface area contributed by atoms with Gasteiger partial charge in [-0.3, -0.25) is 9.59 Å². The monoisotopic (exact) mass is 366 g/mol. The first kappa shape index (κ1) is 19.7. The molecule has 1 aliphatic heterocycles. The van der Waals surface area contributed by atoms with Crippen molar-refractivity contribution in [1.82, 2.24) is 9.80 Å². The summed E-state index contributed by atoms with van der Waals surface area (Å²) >= 11 is 5.92. The van der Waals surface area contributed by atoms with Gasteiger partial charge >= 0.3 is 0 Å². The van der Waals surface area contributed by atoms with Crippen molar-refractivity contribution in [3.63, 3.8) is 0 Å². The van der Waals surface area contributed by atoms with E-state index in [-0.39, 0.29) is 17.7 Å². The zero-order valence-electron chi connectivity index (χ0n) is 15.0. The van der Waals surface area contributed by atoms with Crippen molar-refractivity contribution in [2.24, 2.45) is 0 Å². The van der Waals surface area contributed by atoms with Crippen LogP contribution in [0.1, 0.15) is 38.2 Å². The highest BCUT2D eigenvalue weighted by atomic mass is 35.5. The zero-order valence-corrected chi connectivity index (χ0v) is 15.8. The predicted molar refractivity (Wildman–Crippen MR) is 98.8 cm³/mol. The van der Waals surface area contributed by atoms with Gasteiger partial charge in [-0.25, -0.2) is 0 Å². The van der Waals surface area contributed by atoms with Crippen LogP contribution in [0.3, 0.4) is 0 Å². The highest BCUT2D eigenvalue weighted by Crippen LogP contribution is 2.21. The molecule has 25 heavy (non-hydrogen) atoms. The number of halogens is 1. The van der Waals surface area contributed by atoms with Crippen LogP contribution in [0.2, 0.25) is 5.02 Å². The van der Waals surface area contributed by atoms with Gasteiger partial charge in [0.25, 0.3) is 0 Å². The zero-order chi connectivity index (χ0) is 18.2. The van der Waals surface area contributed by atoms with Crippen LogP contribution in [-0.4, -0.2) is 61.0 Å². The van der Waals surface area contributed by atoms with E-state index >= 15 is 0 Å². The highest BCUT2D eigenvalue weighted by Gasteiger charge is 2.25. The first-order valence-corrected chi connectivity index (χ1v) is 9.30. The fourth-order valence-electron chi connectivity index (χ4n) is 3.02. The topological polar surface area (TPSA) is 49.9 Å². The maximum absolute atomic E-state index is 12.8. The Hall–Kier alpha value is -1.59. The SMILES string of the molecule is CCOCCC(=O)N1CCCN(C(=O)C(C)c2ccc(Cl)cc2)CC1. The largest absolute Gasteiger partial charge is 0.381 e. The van der Waals surface area contributed by atoms with Crippen molar-refractivity contribution in [3.05, 3.63) is 34.9 Å². The second kappa shape index (κ2) is 9.78. The Morgan fingerprint density at radius 1 is 1.12 bits per heavy atom. The van der Waals surface area contributed by atoms with Crippen molar-refractivity contribution in [2.45, 2.75) is 32.6 Å². The molecule has 0 aromatic heterocycles. The molecule has 0 aliphatic carbocycles. The van der Waals surface area contributed by atoms with Crippen molar-refractivity contribution >= 4 is 23.4 Å². The molecule has 1 aromatic carbocycles. The summed E-state index contributed by atoms with van der Waals surface area (Å²) in [6.07, 6.45) is 1.21. The van der Waals surface area contributed by atoms with E-state index in [1.807, 2.05) is 47.9 Å². The van der Waals surface area contributed by atoms with Gasteiger partial charge in [-0.1, -0.05) is 23.7 Å². The van der Waals surface area contributed by atoms with E-state index in [1.54, 1.807) is 0 Å². The summed E-state index contributed by atoms with van der Waals surface area (Å²) in [6, 6.07) is 7.41. The van der Waals surface area contributed by atoms with Gasteiger partial charge in [0.1, 0.15) is 0 Å². The van der Waals surface area contributed by atoms with Gasteiger partial charge in [0.15, 0.2) is 0 Å². The van der Waals surface area contributed by atoms with Crippen LogP contribution in [0.25, 0.3) is 0 Å². The van der Waals surface area contributed by atoms with Gasteiger partial charge in [-0.2, -0.15) is 0 Å². The molecule has 1 unspecified atom stereocenters. The number of hydrogen-bond donors (Lipinski definition) is 0. The van der Waals surface area contributed by atoms with E-state index in [2.05, 4.69) is 0 Å². The Morgan fingerprint density at radius 2 is 1.76 bits per heavy atom. The van der Waals surface area contributed by atoms with Crippen LogP contribution >= 0.6 is 11.6 Å². The number of nitrogens with zero attached hydrogens (tertiary/aromatic N) is 2. The average Bonchev–Trinajstić information content (AvgIpc) is 2.87. The first-order valence-electron chi connectivity index (χ1n) is 8.92. The van der Waals surface area contributed by atoms with Crippen molar-refractivity contribution in [2.75, 3.05) is 39.4 Å². The summed E-state index contributed by atoms with van der Waals surface area (Å²) in [4.78, 5) is 28.7. The number of carbonyl (C=O) groups is 2. The molecule has 0 bridgehead atoms. The molecule has 1 fully saturated rings. The molecule has 1 heterocycles. The second-order valence-electron chi connectivity index (χ2n) is 6.28. The van der Waals surface area contributed by atoms with Gasteiger partial charge in [0.2, 0.25) is 11.8 Å². The molecular weight excluding hydrogens is 340 g/mol. The van der Waals surface area contributed by atoms with E-state index in [9.17, 15) is 9.59 Å². The molecule has 0 saturated carbocycles. The normalized spacial score (nSPS) is 16.4. The number of rotatable bonds is 6. The van der Waals surface area contributed by atoms with Gasteiger partial charge in [-0.15, -0.1) is 0 Å². The number of benzene rings is 1. The standard InChI is InChI=1S/C19H27ClN2O3/c1-3-25-14-9-18(23)21-10-4-11-22(13-12-21)19(24)15(2)16-5-7-17(20)8-6-16/h5-8,15H,3-4,9-14H2,1-2H3. The molecule has 6 heteroatoms. The van der Waals surface area contributed by atoms with Crippen molar-refractivity contribution in [1.29, 1.82) is 0 Å². The minimum atomic E-state index is -0.211. The van der Waals surface area contributed by atoms with E-state index in [0.717, 1.165) is 12.0 Å². The van der Waals surface area contributed by atoms with E-state index < -0.39 is 0 Å². The Morgan fingerprint density at radius 3 is 2.44 bits per heavy atom. The summed E-state index contributed by atoms with van der Waals surface area (Å²) < 4.78 is 5.25. The molecule has 5 nitrogen and oxygen atoms in total. The third-order valence-corrected chi connectivity index (χ3v) is 4.82. The van der Waals surface area contributed by atoms with Crippen molar-refractivity contribution in [3.8, 4) is 0 Å². The fraction of sp³-hybridized carbons (Fsp3) is 0.579. The van der Waals surface area contributed by atoms with Crippen LogP contribution in [0.4, 0.5) is 0 Å². The number of amides is 2. The third-order valence-electron chi connectivity index (χ3n) is 4.57. The Kier molecular flexibility index (Phi) is 7.72. The minimum Gasteiger partial charge on any atom is -0.381 e. The Labute approximate surface area is 154 Å².